The highest BCUT2D eigenvalue weighted by molar-refractivity contribution is 5.99. The molecule has 1 fully saturated rings. The predicted molar refractivity (Wildman–Crippen MR) is 246 cm³/mol. The molecule has 3 aromatic carbocycles. The Morgan fingerprint density at radius 2 is 1.43 bits per heavy atom. The van der Waals surface area contributed by atoms with Crippen LogP contribution in [0.5, 0.6) is 0 Å². The minimum absolute atomic E-state index is 0.209. The monoisotopic (exact) mass is 786 g/mol. The van der Waals surface area contributed by atoms with E-state index in [1.165, 1.54) is 64.0 Å². The molecule has 4 rings (SSSR count). The van der Waals surface area contributed by atoms with Gasteiger partial charge in [0, 0.05) is 56.5 Å². The van der Waals surface area contributed by atoms with Gasteiger partial charge in [-0.3, -0.25) is 4.79 Å². The molecular weight excluding hydrogens is 715 g/mol. The summed E-state index contributed by atoms with van der Waals surface area (Å²) in [4.78, 5) is 19.4. The van der Waals surface area contributed by atoms with Gasteiger partial charge in [0.25, 0.3) is 0 Å². The number of amides is 1. The van der Waals surface area contributed by atoms with Crippen molar-refractivity contribution in [3.8, 4) is 11.8 Å². The second-order valence-corrected chi connectivity index (χ2v) is 15.4. The molecule has 0 spiro atoms. The lowest BCUT2D eigenvalue weighted by Crippen LogP contribution is -2.35. The molecule has 0 heterocycles. The average molecular weight is 786 g/mol. The number of carbonyl (C=O) groups excluding carboxylic acids is 1. The molecule has 1 amide bonds. The van der Waals surface area contributed by atoms with Crippen LogP contribution in [0.3, 0.4) is 0 Å². The van der Waals surface area contributed by atoms with Crippen LogP contribution in [0.2, 0.25) is 0 Å². The molecular formula is C51H71N5O2. The Bertz CT molecular complexity index is 1720. The minimum Gasteiger partial charge on any atom is -0.393 e. The van der Waals surface area contributed by atoms with E-state index < -0.39 is 0 Å². The molecule has 7 heteroatoms. The van der Waals surface area contributed by atoms with Gasteiger partial charge in [-0.25, -0.2) is 4.99 Å². The third-order valence-corrected chi connectivity index (χ3v) is 10.6. The Morgan fingerprint density at radius 3 is 2.09 bits per heavy atom. The van der Waals surface area contributed by atoms with Crippen molar-refractivity contribution in [2.45, 2.75) is 142 Å². The summed E-state index contributed by atoms with van der Waals surface area (Å²) < 4.78 is 0. The Morgan fingerprint density at radius 1 is 0.828 bits per heavy atom. The van der Waals surface area contributed by atoms with Crippen molar-refractivity contribution in [1.29, 1.82) is 5.41 Å². The van der Waals surface area contributed by atoms with Crippen LogP contribution in [0.1, 0.15) is 139 Å². The van der Waals surface area contributed by atoms with Gasteiger partial charge in [-0.15, -0.1) is 0 Å². The molecule has 0 radical (unpaired) electrons. The molecule has 0 bridgehead atoms. The second kappa shape index (κ2) is 29.3. The standard InChI is InChI=1S/C40H48N4O.C11H23NO/c1-4-5-6-7-10-16-33-19-15-20-35(27-33)30-44(29-34-17-11-8-12-18-34)40(39(28-41)32(2)36-21-13-9-14-22-36)42-31-43(3)37-23-25-38(45)26-24-37;1-2-3-4-5-6-7-8-9-10-12-11-13/h8-9,11-15,17-22,27-28,31,37-38,41,45H,2,4-7,23-26,29-30H2,1,3H3;11H,2-10H2,1H3,(H,12,13)/b40-39-,41-28?,42-31-;. The molecule has 0 aromatic heterocycles. The van der Waals surface area contributed by atoms with Gasteiger partial charge in [0.05, 0.1) is 12.4 Å². The first-order valence-corrected chi connectivity index (χ1v) is 21.9. The summed E-state index contributed by atoms with van der Waals surface area (Å²) in [5.41, 5.74) is 5.68. The van der Waals surface area contributed by atoms with Crippen LogP contribution >= 0.6 is 0 Å². The summed E-state index contributed by atoms with van der Waals surface area (Å²) in [7, 11) is 2.06. The van der Waals surface area contributed by atoms with E-state index in [1.54, 1.807) is 0 Å². The molecule has 58 heavy (non-hydrogen) atoms. The summed E-state index contributed by atoms with van der Waals surface area (Å²) in [6.45, 7) is 10.9. The fraction of sp³-hybridized carbons (Fsp3) is 0.471. The summed E-state index contributed by atoms with van der Waals surface area (Å²) in [5.74, 6) is 7.41. The van der Waals surface area contributed by atoms with E-state index >= 15 is 0 Å². The summed E-state index contributed by atoms with van der Waals surface area (Å²) in [6, 6.07) is 29.2. The number of carbonyl (C=O) groups is 1. The molecule has 312 valence electrons. The van der Waals surface area contributed by atoms with Gasteiger partial charge in [-0.1, -0.05) is 163 Å². The predicted octanol–water partition coefficient (Wildman–Crippen LogP) is 11.3. The number of nitrogens with one attached hydrogen (secondary N) is 2. The van der Waals surface area contributed by atoms with E-state index in [-0.39, 0.29) is 6.10 Å². The van der Waals surface area contributed by atoms with E-state index in [1.807, 2.05) is 42.7 Å². The number of nitrogens with zero attached hydrogens (tertiary/aromatic N) is 3. The molecule has 1 aliphatic rings. The van der Waals surface area contributed by atoms with Crippen LogP contribution in [0.15, 0.2) is 108 Å². The smallest absolute Gasteiger partial charge is 0.207 e. The van der Waals surface area contributed by atoms with Crippen molar-refractivity contribution in [3.05, 3.63) is 125 Å². The SMILES string of the molecule is C=C(/C(C=N)=C(/N=C\N(C)C1CCC(O)CC1)N(Cc1ccccc1)Cc1cccc(C#CCCCCC)c1)c1ccccc1.CCCCCCCCCCNC=O. The maximum Gasteiger partial charge on any atom is 0.207 e. The second-order valence-electron chi connectivity index (χ2n) is 15.4. The van der Waals surface area contributed by atoms with Crippen molar-refractivity contribution in [1.82, 2.24) is 15.1 Å². The van der Waals surface area contributed by atoms with Crippen molar-refractivity contribution >= 4 is 24.5 Å². The van der Waals surface area contributed by atoms with Crippen molar-refractivity contribution in [2.24, 2.45) is 4.99 Å². The molecule has 1 saturated carbocycles. The van der Waals surface area contributed by atoms with Crippen molar-refractivity contribution < 1.29 is 9.90 Å². The molecule has 3 N–H and O–H groups in total. The fourth-order valence-electron chi connectivity index (χ4n) is 7.13. The Labute approximate surface area is 351 Å². The number of unbranched alkanes of at least 4 members (excludes halogenated alkanes) is 10. The lowest BCUT2D eigenvalue weighted by molar-refractivity contribution is -0.109. The molecule has 1 aliphatic carbocycles. The molecule has 0 atom stereocenters. The Kier molecular flexibility index (Phi) is 24.0. The summed E-state index contributed by atoms with van der Waals surface area (Å²) in [6.07, 6.45) is 22.3. The van der Waals surface area contributed by atoms with Crippen LogP contribution in [-0.4, -0.2) is 59.6 Å². The van der Waals surface area contributed by atoms with Crippen molar-refractivity contribution in [2.75, 3.05) is 13.6 Å². The topological polar surface area (TPSA) is 92.0 Å². The first-order chi connectivity index (χ1) is 28.4. The lowest BCUT2D eigenvalue weighted by atomic mass is 9.92. The highest BCUT2D eigenvalue weighted by Gasteiger charge is 2.23. The average Bonchev–Trinajstić information content (AvgIpc) is 3.25. The third kappa shape index (κ3) is 18.6. The molecule has 3 aromatic rings. The van der Waals surface area contributed by atoms with Gasteiger partial charge in [0.2, 0.25) is 6.41 Å². The number of rotatable bonds is 24. The van der Waals surface area contributed by atoms with Gasteiger partial charge < -0.3 is 25.6 Å². The van der Waals surface area contributed by atoms with Gasteiger partial charge in [-0.05, 0) is 72.9 Å². The normalized spacial score (nSPS) is 15.2. The first-order valence-electron chi connectivity index (χ1n) is 21.9. The number of aliphatic imine (C=N–C) groups is 1. The van der Waals surface area contributed by atoms with Crippen LogP contribution in [0.4, 0.5) is 0 Å². The molecule has 0 unspecified atom stereocenters. The molecule has 0 saturated heterocycles. The summed E-state index contributed by atoms with van der Waals surface area (Å²) >= 11 is 0. The van der Waals surface area contributed by atoms with Gasteiger partial charge in [0.1, 0.15) is 5.82 Å². The van der Waals surface area contributed by atoms with Crippen LogP contribution < -0.4 is 5.32 Å². The number of allylic oxidation sites excluding steroid dienone is 2. The van der Waals surface area contributed by atoms with E-state index in [0.717, 1.165) is 85.7 Å². The lowest BCUT2D eigenvalue weighted by Gasteiger charge is -2.32. The minimum atomic E-state index is -0.209. The highest BCUT2D eigenvalue weighted by Crippen LogP contribution is 2.28. The Balaban J connectivity index is 0.000000594. The van der Waals surface area contributed by atoms with Crippen LogP contribution in [0.25, 0.3) is 5.57 Å². The number of aliphatic hydroxyl groups excluding tert-OH is 1. The summed E-state index contributed by atoms with van der Waals surface area (Å²) in [5, 5.41) is 21.3. The number of benzene rings is 3. The van der Waals surface area contributed by atoms with E-state index in [9.17, 15) is 9.90 Å². The van der Waals surface area contributed by atoms with Crippen molar-refractivity contribution in [3.63, 3.8) is 0 Å². The van der Waals surface area contributed by atoms with Gasteiger partial charge in [0.15, 0.2) is 0 Å². The van der Waals surface area contributed by atoms with E-state index in [0.29, 0.717) is 30.5 Å². The van der Waals surface area contributed by atoms with Gasteiger partial charge >= 0.3 is 0 Å². The number of hydrogen-bond acceptors (Lipinski definition) is 5. The maximum atomic E-state index is 10.0. The van der Waals surface area contributed by atoms with Crippen LogP contribution in [0, 0.1) is 17.3 Å². The van der Waals surface area contributed by atoms with E-state index in [4.69, 9.17) is 10.4 Å². The largest absolute Gasteiger partial charge is 0.393 e. The first kappa shape index (κ1) is 47.4. The maximum absolute atomic E-state index is 10.0. The van der Waals surface area contributed by atoms with Crippen LogP contribution in [-0.2, 0) is 17.9 Å². The van der Waals surface area contributed by atoms with E-state index in [2.05, 4.69) is 103 Å². The third-order valence-electron chi connectivity index (χ3n) is 10.6. The fourth-order valence-corrected chi connectivity index (χ4v) is 7.13. The highest BCUT2D eigenvalue weighted by atomic mass is 16.3. The number of aliphatic hydroxyl groups is 1. The van der Waals surface area contributed by atoms with Gasteiger partial charge in [-0.2, -0.15) is 0 Å². The zero-order valence-electron chi connectivity index (χ0n) is 35.8. The zero-order valence-corrected chi connectivity index (χ0v) is 35.8. The number of hydrogen-bond donors (Lipinski definition) is 3. The molecule has 0 aliphatic heterocycles. The zero-order chi connectivity index (χ0) is 41.6. The quantitative estimate of drug-likeness (QED) is 0.0211. The Hall–Kier alpha value is -4.93. The molecule has 7 nitrogen and oxygen atoms in total.